The maximum Gasteiger partial charge on any atom is 0.334 e. The van der Waals surface area contributed by atoms with Crippen molar-refractivity contribution in [1.82, 2.24) is 4.90 Å². The summed E-state index contributed by atoms with van der Waals surface area (Å²) in [7, 11) is 0. The van der Waals surface area contributed by atoms with Crippen LogP contribution in [-0.2, 0) is 15.1 Å². The molecule has 1 unspecified atom stereocenters. The van der Waals surface area contributed by atoms with Gasteiger partial charge in [-0.15, -0.1) is 0 Å². The highest BCUT2D eigenvalue weighted by molar-refractivity contribution is 5.87. The van der Waals surface area contributed by atoms with E-state index in [1.54, 1.807) is 13.8 Å². The molecule has 104 valence electrons. The fourth-order valence-corrected chi connectivity index (χ4v) is 2.50. The van der Waals surface area contributed by atoms with Gasteiger partial charge >= 0.3 is 5.97 Å². The highest BCUT2D eigenvalue weighted by Gasteiger charge is 2.42. The minimum atomic E-state index is -1.34. The molecule has 0 aliphatic carbocycles. The van der Waals surface area contributed by atoms with Gasteiger partial charge in [-0.3, -0.25) is 4.79 Å². The molecule has 0 radical (unpaired) electrons. The Hall–Kier alpha value is -1.84. The summed E-state index contributed by atoms with van der Waals surface area (Å²) in [5, 5.41) is 9.62. The normalized spacial score (nSPS) is 13.7. The standard InChI is InChI=1S/C15H21NO3/c1-6-16(12(4)17)15(5,14(18)19)13-8-10(2)7-11(3)9-13/h7-9H,6H2,1-5H3,(H,18,19). The number of nitrogens with zero attached hydrogens (tertiary/aromatic N) is 1. The first kappa shape index (κ1) is 15.2. The SMILES string of the molecule is CCN(C(C)=O)C(C)(C(=O)O)c1cc(C)cc(C)c1. The van der Waals surface area contributed by atoms with Crippen molar-refractivity contribution in [2.45, 2.75) is 40.2 Å². The Kier molecular flexibility index (Phi) is 4.35. The molecule has 0 saturated heterocycles. The number of carboxylic acid groups (broad SMARTS) is 1. The van der Waals surface area contributed by atoms with Crippen LogP contribution in [0.25, 0.3) is 0 Å². The molecule has 4 nitrogen and oxygen atoms in total. The summed E-state index contributed by atoms with van der Waals surface area (Å²) in [4.78, 5) is 24.9. The number of carbonyl (C=O) groups excluding carboxylic acids is 1. The van der Waals surface area contributed by atoms with Gasteiger partial charge in [0.25, 0.3) is 0 Å². The van der Waals surface area contributed by atoms with Crippen molar-refractivity contribution in [3.63, 3.8) is 0 Å². The molecule has 0 fully saturated rings. The summed E-state index contributed by atoms with van der Waals surface area (Å²) in [6.45, 7) is 8.95. The number of likely N-dealkylation sites (N-methyl/N-ethyl adjacent to an activating group) is 1. The predicted octanol–water partition coefficient (Wildman–Crippen LogP) is 2.47. The van der Waals surface area contributed by atoms with Crippen molar-refractivity contribution in [2.24, 2.45) is 0 Å². The van der Waals surface area contributed by atoms with Crippen LogP contribution in [0.4, 0.5) is 0 Å². The van der Waals surface area contributed by atoms with E-state index >= 15 is 0 Å². The molecule has 0 spiro atoms. The zero-order chi connectivity index (χ0) is 14.8. The Bertz CT molecular complexity index is 490. The first-order chi connectivity index (χ1) is 8.73. The number of carboxylic acids is 1. The third-order valence-electron chi connectivity index (χ3n) is 3.44. The van der Waals surface area contributed by atoms with Crippen LogP contribution in [-0.4, -0.2) is 28.4 Å². The van der Waals surface area contributed by atoms with E-state index < -0.39 is 11.5 Å². The van der Waals surface area contributed by atoms with Crippen molar-refractivity contribution >= 4 is 11.9 Å². The van der Waals surface area contributed by atoms with Crippen LogP contribution in [0, 0.1) is 13.8 Å². The summed E-state index contributed by atoms with van der Waals surface area (Å²) in [5.74, 6) is -1.26. The monoisotopic (exact) mass is 263 g/mol. The molecule has 1 atom stereocenters. The van der Waals surface area contributed by atoms with Crippen LogP contribution in [0.15, 0.2) is 18.2 Å². The number of rotatable bonds is 4. The minimum Gasteiger partial charge on any atom is -0.479 e. The zero-order valence-electron chi connectivity index (χ0n) is 12.2. The number of carbonyl (C=O) groups is 2. The molecule has 0 heterocycles. The fraction of sp³-hybridized carbons (Fsp3) is 0.467. The third-order valence-corrected chi connectivity index (χ3v) is 3.44. The molecule has 0 saturated carbocycles. The van der Waals surface area contributed by atoms with E-state index in [1.807, 2.05) is 32.0 Å². The Morgan fingerprint density at radius 1 is 1.21 bits per heavy atom. The summed E-state index contributed by atoms with van der Waals surface area (Å²) < 4.78 is 0. The van der Waals surface area contributed by atoms with Crippen molar-refractivity contribution in [3.05, 3.63) is 34.9 Å². The second-order valence-corrected chi connectivity index (χ2v) is 5.02. The Morgan fingerprint density at radius 2 is 1.68 bits per heavy atom. The number of amides is 1. The van der Waals surface area contributed by atoms with E-state index in [1.165, 1.54) is 11.8 Å². The van der Waals surface area contributed by atoms with Gasteiger partial charge in [0, 0.05) is 13.5 Å². The average molecular weight is 263 g/mol. The van der Waals surface area contributed by atoms with Crippen LogP contribution < -0.4 is 0 Å². The molecule has 1 N–H and O–H groups in total. The lowest BCUT2D eigenvalue weighted by molar-refractivity contribution is -0.158. The lowest BCUT2D eigenvalue weighted by atomic mass is 9.87. The van der Waals surface area contributed by atoms with Gasteiger partial charge in [-0.2, -0.15) is 0 Å². The van der Waals surface area contributed by atoms with Gasteiger partial charge in [-0.25, -0.2) is 4.79 Å². The van der Waals surface area contributed by atoms with Crippen molar-refractivity contribution in [1.29, 1.82) is 0 Å². The molecule has 0 aromatic heterocycles. The highest BCUT2D eigenvalue weighted by Crippen LogP contribution is 2.30. The molecular formula is C15H21NO3. The molecule has 1 aromatic carbocycles. The number of aliphatic carboxylic acids is 1. The summed E-state index contributed by atoms with van der Waals surface area (Å²) in [5.41, 5.74) is 1.27. The Morgan fingerprint density at radius 3 is 2.00 bits per heavy atom. The summed E-state index contributed by atoms with van der Waals surface area (Å²) in [6.07, 6.45) is 0. The number of benzene rings is 1. The van der Waals surface area contributed by atoms with Crippen molar-refractivity contribution < 1.29 is 14.7 Å². The van der Waals surface area contributed by atoms with Gasteiger partial charge < -0.3 is 10.0 Å². The number of hydrogen-bond donors (Lipinski definition) is 1. The van der Waals surface area contributed by atoms with Gasteiger partial charge in [0.05, 0.1) is 0 Å². The van der Waals surface area contributed by atoms with Crippen LogP contribution in [0.3, 0.4) is 0 Å². The second kappa shape index (κ2) is 5.43. The molecule has 4 heteroatoms. The third kappa shape index (κ3) is 2.78. The van der Waals surface area contributed by atoms with Gasteiger partial charge in [0.2, 0.25) is 5.91 Å². The largest absolute Gasteiger partial charge is 0.479 e. The van der Waals surface area contributed by atoms with Crippen LogP contribution >= 0.6 is 0 Å². The van der Waals surface area contributed by atoms with Crippen LogP contribution in [0.2, 0.25) is 0 Å². The van der Waals surface area contributed by atoms with E-state index in [2.05, 4.69) is 0 Å². The quantitative estimate of drug-likeness (QED) is 0.908. The van der Waals surface area contributed by atoms with E-state index in [4.69, 9.17) is 0 Å². The van der Waals surface area contributed by atoms with E-state index in [0.717, 1.165) is 11.1 Å². The first-order valence-corrected chi connectivity index (χ1v) is 6.33. The first-order valence-electron chi connectivity index (χ1n) is 6.33. The smallest absolute Gasteiger partial charge is 0.334 e. The van der Waals surface area contributed by atoms with Gasteiger partial charge in [-0.05, 0) is 33.3 Å². The van der Waals surface area contributed by atoms with Gasteiger partial charge in [-0.1, -0.05) is 29.3 Å². The topological polar surface area (TPSA) is 57.6 Å². The lowest BCUT2D eigenvalue weighted by Crippen LogP contribution is -2.52. The molecule has 19 heavy (non-hydrogen) atoms. The molecule has 0 bridgehead atoms. The Labute approximate surface area is 114 Å². The highest BCUT2D eigenvalue weighted by atomic mass is 16.4. The van der Waals surface area contributed by atoms with Gasteiger partial charge in [0.15, 0.2) is 5.54 Å². The Balaban J connectivity index is 3.49. The molecule has 1 aromatic rings. The van der Waals surface area contributed by atoms with Crippen LogP contribution in [0.1, 0.15) is 37.5 Å². The maximum absolute atomic E-state index is 11.8. The summed E-state index contributed by atoms with van der Waals surface area (Å²) >= 11 is 0. The van der Waals surface area contributed by atoms with Crippen molar-refractivity contribution in [2.75, 3.05) is 6.54 Å². The lowest BCUT2D eigenvalue weighted by Gasteiger charge is -2.37. The van der Waals surface area contributed by atoms with E-state index in [9.17, 15) is 14.7 Å². The predicted molar refractivity (Wildman–Crippen MR) is 74.0 cm³/mol. The molecule has 0 aliphatic rings. The van der Waals surface area contributed by atoms with Gasteiger partial charge in [0.1, 0.15) is 0 Å². The summed E-state index contributed by atoms with van der Waals surface area (Å²) in [6, 6.07) is 5.63. The molecule has 1 rings (SSSR count). The van der Waals surface area contributed by atoms with Crippen LogP contribution in [0.5, 0.6) is 0 Å². The van der Waals surface area contributed by atoms with E-state index in [0.29, 0.717) is 12.1 Å². The fourth-order valence-electron chi connectivity index (χ4n) is 2.50. The number of hydrogen-bond acceptors (Lipinski definition) is 2. The average Bonchev–Trinajstić information content (AvgIpc) is 2.27. The van der Waals surface area contributed by atoms with Crippen molar-refractivity contribution in [3.8, 4) is 0 Å². The minimum absolute atomic E-state index is 0.244. The molecule has 0 aliphatic heterocycles. The molecular weight excluding hydrogens is 242 g/mol. The van der Waals surface area contributed by atoms with E-state index in [-0.39, 0.29) is 5.91 Å². The maximum atomic E-state index is 11.8. The zero-order valence-corrected chi connectivity index (χ0v) is 12.2. The number of aryl methyl sites for hydroxylation is 2. The second-order valence-electron chi connectivity index (χ2n) is 5.02. The molecule has 1 amide bonds.